The average molecular weight is 469 g/mol. The van der Waals surface area contributed by atoms with Crippen LogP contribution in [0.4, 0.5) is 0 Å². The highest BCUT2D eigenvalue weighted by atomic mass is 32.2. The first-order chi connectivity index (χ1) is 15.5. The van der Waals surface area contributed by atoms with Crippen LogP contribution < -0.4 is 5.32 Å². The van der Waals surface area contributed by atoms with Crippen LogP contribution in [0.5, 0.6) is 0 Å². The molecule has 0 spiro atoms. The number of aryl methyl sites for hydroxylation is 1. The Bertz CT molecular complexity index is 1120. The second-order valence-corrected chi connectivity index (χ2v) is 11.0. The number of hydrogen-bond acceptors (Lipinski definition) is 4. The number of nitrogens with zero attached hydrogens (tertiary/aromatic N) is 1. The molecule has 5 nitrogen and oxygen atoms in total. The Morgan fingerprint density at radius 1 is 1.03 bits per heavy atom. The number of piperidine rings is 1. The van der Waals surface area contributed by atoms with E-state index in [1.54, 1.807) is 41.7 Å². The van der Waals surface area contributed by atoms with Gasteiger partial charge in [0.1, 0.15) is 0 Å². The molecule has 0 unspecified atom stereocenters. The van der Waals surface area contributed by atoms with Crippen molar-refractivity contribution >= 4 is 27.3 Å². The third-order valence-electron chi connectivity index (χ3n) is 6.04. The van der Waals surface area contributed by atoms with Crippen molar-refractivity contribution in [1.82, 2.24) is 9.62 Å². The number of amides is 1. The molecule has 1 saturated heterocycles. The SMILES string of the molecule is CCc1ccc([C@H](NC(=O)C2CCN(S(=O)(=O)c3ccccc3)CC2)c2cccs2)cc1. The molecule has 3 aromatic rings. The predicted molar refractivity (Wildman–Crippen MR) is 128 cm³/mol. The van der Waals surface area contributed by atoms with Gasteiger partial charge in [0, 0.05) is 23.9 Å². The van der Waals surface area contributed by atoms with Crippen LogP contribution in [-0.4, -0.2) is 31.7 Å². The molecule has 0 radical (unpaired) electrons. The summed E-state index contributed by atoms with van der Waals surface area (Å²) in [5.41, 5.74) is 2.32. The number of carbonyl (C=O) groups is 1. The van der Waals surface area contributed by atoms with Crippen LogP contribution in [0.15, 0.2) is 77.0 Å². The fourth-order valence-corrected chi connectivity index (χ4v) is 6.37. The lowest BCUT2D eigenvalue weighted by atomic mass is 9.95. The molecule has 1 N–H and O–H groups in total. The Morgan fingerprint density at radius 2 is 1.72 bits per heavy atom. The Balaban J connectivity index is 1.43. The molecular formula is C25H28N2O3S2. The Morgan fingerprint density at radius 3 is 2.31 bits per heavy atom. The minimum atomic E-state index is -3.52. The van der Waals surface area contributed by atoms with Crippen LogP contribution >= 0.6 is 11.3 Å². The van der Waals surface area contributed by atoms with Crippen molar-refractivity contribution in [3.63, 3.8) is 0 Å². The molecule has 1 aliphatic heterocycles. The molecule has 2 heterocycles. The van der Waals surface area contributed by atoms with E-state index in [0.29, 0.717) is 30.8 Å². The molecule has 0 saturated carbocycles. The maximum Gasteiger partial charge on any atom is 0.243 e. The highest BCUT2D eigenvalue weighted by Gasteiger charge is 2.33. The smallest absolute Gasteiger partial charge is 0.243 e. The van der Waals surface area contributed by atoms with E-state index in [2.05, 4.69) is 36.5 Å². The van der Waals surface area contributed by atoms with Crippen LogP contribution in [-0.2, 0) is 21.2 Å². The largest absolute Gasteiger partial charge is 0.344 e. The van der Waals surface area contributed by atoms with Gasteiger partial charge in [-0.3, -0.25) is 4.79 Å². The summed E-state index contributed by atoms with van der Waals surface area (Å²) in [6.07, 6.45) is 2.01. The number of rotatable bonds is 7. The Kier molecular flexibility index (Phi) is 7.08. The molecule has 32 heavy (non-hydrogen) atoms. The molecule has 1 fully saturated rings. The monoisotopic (exact) mass is 468 g/mol. The van der Waals surface area contributed by atoms with E-state index in [0.717, 1.165) is 16.9 Å². The third kappa shape index (κ3) is 4.95. The summed E-state index contributed by atoms with van der Waals surface area (Å²) in [5, 5.41) is 5.25. The predicted octanol–water partition coefficient (Wildman–Crippen LogP) is 4.62. The van der Waals surface area contributed by atoms with Crippen molar-refractivity contribution in [2.45, 2.75) is 37.1 Å². The standard InChI is InChI=1S/C25H28N2O3S2/c1-2-19-10-12-20(13-11-19)24(23-9-6-18-31-23)26-25(28)21-14-16-27(17-15-21)32(29,30)22-7-4-3-5-8-22/h3-13,18,21,24H,2,14-17H2,1H3,(H,26,28)/t24-/m0/s1. The first kappa shape index (κ1) is 22.7. The molecule has 2 aromatic carbocycles. The van der Waals surface area contributed by atoms with E-state index in [-0.39, 0.29) is 17.9 Å². The summed E-state index contributed by atoms with van der Waals surface area (Å²) in [5.74, 6) is -0.214. The van der Waals surface area contributed by atoms with Crippen molar-refractivity contribution in [2.24, 2.45) is 5.92 Å². The average Bonchev–Trinajstić information content (AvgIpc) is 3.38. The Hall–Kier alpha value is -2.48. The quantitative estimate of drug-likeness (QED) is 0.550. The van der Waals surface area contributed by atoms with Crippen LogP contribution in [0.3, 0.4) is 0 Å². The van der Waals surface area contributed by atoms with Crippen molar-refractivity contribution in [1.29, 1.82) is 0 Å². The van der Waals surface area contributed by atoms with Gasteiger partial charge in [0.2, 0.25) is 15.9 Å². The van der Waals surface area contributed by atoms with Crippen molar-refractivity contribution in [3.05, 3.63) is 88.1 Å². The lowest BCUT2D eigenvalue weighted by Crippen LogP contribution is -2.43. The van der Waals surface area contributed by atoms with E-state index in [1.165, 1.54) is 9.87 Å². The summed E-state index contributed by atoms with van der Waals surface area (Å²) in [7, 11) is -3.52. The van der Waals surface area contributed by atoms with Gasteiger partial charge in [-0.2, -0.15) is 4.31 Å². The van der Waals surface area contributed by atoms with Crippen LogP contribution in [0, 0.1) is 5.92 Å². The molecule has 0 bridgehead atoms. The number of thiophene rings is 1. The van der Waals surface area contributed by atoms with E-state index in [9.17, 15) is 13.2 Å². The van der Waals surface area contributed by atoms with Gasteiger partial charge in [-0.05, 0) is 54.0 Å². The summed E-state index contributed by atoms with van der Waals surface area (Å²) >= 11 is 1.62. The van der Waals surface area contributed by atoms with Gasteiger partial charge in [0.05, 0.1) is 10.9 Å². The minimum Gasteiger partial charge on any atom is -0.344 e. The molecule has 1 aromatic heterocycles. The highest BCUT2D eigenvalue weighted by Crippen LogP contribution is 2.29. The Labute approximate surface area is 194 Å². The zero-order chi connectivity index (χ0) is 22.6. The zero-order valence-electron chi connectivity index (χ0n) is 18.1. The van der Waals surface area contributed by atoms with E-state index >= 15 is 0 Å². The second kappa shape index (κ2) is 9.98. The van der Waals surface area contributed by atoms with Crippen molar-refractivity contribution < 1.29 is 13.2 Å². The van der Waals surface area contributed by atoms with Crippen molar-refractivity contribution in [3.8, 4) is 0 Å². The van der Waals surface area contributed by atoms with Crippen molar-refractivity contribution in [2.75, 3.05) is 13.1 Å². The molecule has 1 amide bonds. The summed E-state index contributed by atoms with van der Waals surface area (Å²) in [6.45, 7) is 2.83. The number of nitrogens with one attached hydrogen (secondary N) is 1. The fraction of sp³-hybridized carbons (Fsp3) is 0.320. The van der Waals surface area contributed by atoms with E-state index < -0.39 is 10.0 Å². The van der Waals surface area contributed by atoms with Gasteiger partial charge in [-0.15, -0.1) is 11.3 Å². The summed E-state index contributed by atoms with van der Waals surface area (Å²) in [4.78, 5) is 14.5. The number of sulfonamides is 1. The first-order valence-corrected chi connectivity index (χ1v) is 13.3. The summed E-state index contributed by atoms with van der Waals surface area (Å²) in [6, 6.07) is 20.7. The topological polar surface area (TPSA) is 66.5 Å². The van der Waals surface area contributed by atoms with Gasteiger partial charge in [0.15, 0.2) is 0 Å². The molecule has 168 valence electrons. The van der Waals surface area contributed by atoms with Crippen LogP contribution in [0.25, 0.3) is 0 Å². The zero-order valence-corrected chi connectivity index (χ0v) is 19.7. The maximum atomic E-state index is 13.2. The fourth-order valence-electron chi connectivity index (χ4n) is 4.08. The third-order valence-corrected chi connectivity index (χ3v) is 8.89. The molecule has 4 rings (SSSR count). The van der Waals surface area contributed by atoms with Gasteiger partial charge < -0.3 is 5.32 Å². The second-order valence-electron chi connectivity index (χ2n) is 8.04. The molecular weight excluding hydrogens is 440 g/mol. The van der Waals surface area contributed by atoms with Gasteiger partial charge in [0.25, 0.3) is 0 Å². The number of hydrogen-bond donors (Lipinski definition) is 1. The molecule has 1 aliphatic rings. The lowest BCUT2D eigenvalue weighted by Gasteiger charge is -2.31. The van der Waals surface area contributed by atoms with E-state index in [4.69, 9.17) is 0 Å². The highest BCUT2D eigenvalue weighted by molar-refractivity contribution is 7.89. The number of benzene rings is 2. The van der Waals surface area contributed by atoms with Gasteiger partial charge in [-0.25, -0.2) is 8.42 Å². The van der Waals surface area contributed by atoms with Crippen LogP contribution in [0.2, 0.25) is 0 Å². The first-order valence-electron chi connectivity index (χ1n) is 11.0. The summed E-state index contributed by atoms with van der Waals surface area (Å²) < 4.78 is 27.2. The minimum absolute atomic E-state index is 0.0141. The normalized spacial score (nSPS) is 16.5. The molecule has 1 atom stereocenters. The van der Waals surface area contributed by atoms with Gasteiger partial charge >= 0.3 is 0 Å². The molecule has 7 heteroatoms. The van der Waals surface area contributed by atoms with Gasteiger partial charge in [-0.1, -0.05) is 55.5 Å². The van der Waals surface area contributed by atoms with E-state index in [1.807, 2.05) is 17.5 Å². The number of carbonyl (C=O) groups excluding carboxylic acids is 1. The molecule has 0 aliphatic carbocycles. The lowest BCUT2D eigenvalue weighted by molar-refractivity contribution is -0.126. The van der Waals surface area contributed by atoms with Crippen LogP contribution in [0.1, 0.15) is 41.8 Å². The maximum absolute atomic E-state index is 13.2.